The second-order valence-corrected chi connectivity index (χ2v) is 5.64. The highest BCUT2D eigenvalue weighted by atomic mass is 32.2. The fourth-order valence-corrected chi connectivity index (χ4v) is 2.50. The Morgan fingerprint density at radius 2 is 2.06 bits per heavy atom. The standard InChI is InChI=1S/C13H13NO3S/c1-3-17-9-8-11-10-14(18(2,15)16)13-7-5-4-6-12(11)13/h4-7,10H,3H2,1-2H3. The Bertz CT molecular complexity index is 732. The van der Waals surface area contributed by atoms with Gasteiger partial charge in [-0.2, -0.15) is 0 Å². The first kappa shape index (κ1) is 12.5. The molecule has 0 bridgehead atoms. The van der Waals surface area contributed by atoms with Gasteiger partial charge in [-0.25, -0.2) is 12.4 Å². The van der Waals surface area contributed by atoms with Gasteiger partial charge < -0.3 is 4.74 Å². The molecular weight excluding hydrogens is 250 g/mol. The molecule has 0 radical (unpaired) electrons. The lowest BCUT2D eigenvalue weighted by Gasteiger charge is -2.00. The summed E-state index contributed by atoms with van der Waals surface area (Å²) >= 11 is 0. The second kappa shape index (κ2) is 4.75. The van der Waals surface area contributed by atoms with Gasteiger partial charge in [-0.15, -0.1) is 0 Å². The van der Waals surface area contributed by atoms with Crippen LogP contribution in [-0.4, -0.2) is 25.3 Å². The molecular formula is C13H13NO3S. The third-order valence-corrected chi connectivity index (χ3v) is 3.45. The van der Waals surface area contributed by atoms with Crippen LogP contribution in [0.2, 0.25) is 0 Å². The van der Waals surface area contributed by atoms with Crippen molar-refractivity contribution in [1.29, 1.82) is 0 Å². The van der Waals surface area contributed by atoms with Crippen molar-refractivity contribution >= 4 is 20.9 Å². The van der Waals surface area contributed by atoms with Gasteiger partial charge in [0.1, 0.15) is 6.11 Å². The smallest absolute Gasteiger partial charge is 0.236 e. The van der Waals surface area contributed by atoms with Crippen LogP contribution in [0.25, 0.3) is 10.9 Å². The molecule has 0 aliphatic carbocycles. The van der Waals surface area contributed by atoms with Crippen LogP contribution in [0, 0.1) is 12.0 Å². The average Bonchev–Trinajstić information content (AvgIpc) is 2.69. The second-order valence-electron chi connectivity index (χ2n) is 3.78. The summed E-state index contributed by atoms with van der Waals surface area (Å²) in [7, 11) is -3.33. The maximum atomic E-state index is 11.7. The van der Waals surface area contributed by atoms with Crippen molar-refractivity contribution in [3.05, 3.63) is 36.0 Å². The Morgan fingerprint density at radius 3 is 2.72 bits per heavy atom. The lowest BCUT2D eigenvalue weighted by atomic mass is 10.2. The van der Waals surface area contributed by atoms with Gasteiger partial charge in [0, 0.05) is 11.6 Å². The van der Waals surface area contributed by atoms with Crippen LogP contribution in [-0.2, 0) is 14.8 Å². The maximum absolute atomic E-state index is 11.7. The Hall–Kier alpha value is -1.93. The van der Waals surface area contributed by atoms with E-state index in [-0.39, 0.29) is 0 Å². The number of rotatable bonds is 2. The molecule has 0 aliphatic rings. The fourth-order valence-electron chi connectivity index (χ4n) is 1.69. The van der Waals surface area contributed by atoms with Crippen LogP contribution in [0.15, 0.2) is 30.5 Å². The van der Waals surface area contributed by atoms with E-state index in [1.807, 2.05) is 19.1 Å². The van der Waals surface area contributed by atoms with Crippen molar-refractivity contribution in [2.45, 2.75) is 6.92 Å². The first-order valence-corrected chi connectivity index (χ1v) is 7.32. The van der Waals surface area contributed by atoms with E-state index in [2.05, 4.69) is 12.0 Å². The largest absolute Gasteiger partial charge is 0.447 e. The number of para-hydroxylation sites is 1. The average molecular weight is 263 g/mol. The summed E-state index contributed by atoms with van der Waals surface area (Å²) in [5.74, 6) is 2.82. The molecule has 94 valence electrons. The molecule has 1 aromatic heterocycles. The zero-order valence-corrected chi connectivity index (χ0v) is 11.0. The number of benzene rings is 1. The Labute approximate surface area is 106 Å². The minimum atomic E-state index is -3.33. The van der Waals surface area contributed by atoms with Crippen LogP contribution < -0.4 is 0 Å². The van der Waals surface area contributed by atoms with Crippen molar-refractivity contribution in [3.63, 3.8) is 0 Å². The quantitative estimate of drug-likeness (QED) is 0.776. The van der Waals surface area contributed by atoms with Gasteiger partial charge in [-0.3, -0.25) is 0 Å². The predicted molar refractivity (Wildman–Crippen MR) is 70.7 cm³/mol. The monoisotopic (exact) mass is 263 g/mol. The summed E-state index contributed by atoms with van der Waals surface area (Å²) in [6.45, 7) is 2.34. The Kier molecular flexibility index (Phi) is 3.30. The molecule has 0 spiro atoms. The number of ether oxygens (including phenoxy) is 1. The highest BCUT2D eigenvalue weighted by molar-refractivity contribution is 7.89. The highest BCUT2D eigenvalue weighted by Gasteiger charge is 2.12. The lowest BCUT2D eigenvalue weighted by Crippen LogP contribution is -2.07. The molecule has 0 N–H and O–H groups in total. The summed E-state index contributed by atoms with van der Waals surface area (Å²) in [4.78, 5) is 0. The van der Waals surface area contributed by atoms with Crippen molar-refractivity contribution in [1.82, 2.24) is 3.97 Å². The lowest BCUT2D eigenvalue weighted by molar-refractivity contribution is 0.299. The van der Waals surface area contributed by atoms with Gasteiger partial charge in [-0.05, 0) is 18.9 Å². The number of nitrogens with zero attached hydrogens (tertiary/aromatic N) is 1. The summed E-state index contributed by atoms with van der Waals surface area (Å²) in [5.41, 5.74) is 1.27. The minimum Gasteiger partial charge on any atom is -0.447 e. The van der Waals surface area contributed by atoms with Crippen LogP contribution in [0.3, 0.4) is 0 Å². The Balaban J connectivity index is 2.67. The first-order valence-electron chi connectivity index (χ1n) is 5.47. The van der Waals surface area contributed by atoms with Crippen LogP contribution in [0.4, 0.5) is 0 Å². The van der Waals surface area contributed by atoms with E-state index in [0.717, 1.165) is 5.39 Å². The molecule has 18 heavy (non-hydrogen) atoms. The fraction of sp³-hybridized carbons (Fsp3) is 0.231. The molecule has 4 nitrogen and oxygen atoms in total. The van der Waals surface area contributed by atoms with Crippen molar-refractivity contribution in [2.24, 2.45) is 0 Å². The minimum absolute atomic E-state index is 0.498. The number of fused-ring (bicyclic) bond motifs is 1. The molecule has 5 heteroatoms. The van der Waals surface area contributed by atoms with Crippen LogP contribution >= 0.6 is 0 Å². The first-order chi connectivity index (χ1) is 8.54. The van der Waals surface area contributed by atoms with Crippen molar-refractivity contribution in [3.8, 4) is 12.0 Å². The van der Waals surface area contributed by atoms with E-state index < -0.39 is 10.0 Å². The van der Waals surface area contributed by atoms with Gasteiger partial charge in [0.15, 0.2) is 0 Å². The van der Waals surface area contributed by atoms with Gasteiger partial charge >= 0.3 is 0 Å². The Morgan fingerprint density at radius 1 is 1.33 bits per heavy atom. The van der Waals surface area contributed by atoms with E-state index in [1.54, 1.807) is 12.1 Å². The van der Waals surface area contributed by atoms with Crippen LogP contribution in [0.5, 0.6) is 0 Å². The van der Waals surface area contributed by atoms with Gasteiger partial charge in [0.2, 0.25) is 10.0 Å². The topological polar surface area (TPSA) is 48.3 Å². The van der Waals surface area contributed by atoms with Crippen LogP contribution in [0.1, 0.15) is 12.5 Å². The zero-order valence-electron chi connectivity index (χ0n) is 10.2. The van der Waals surface area contributed by atoms with Crippen molar-refractivity contribution in [2.75, 3.05) is 12.9 Å². The maximum Gasteiger partial charge on any atom is 0.236 e. The molecule has 1 aromatic carbocycles. The van der Waals surface area contributed by atoms with E-state index >= 15 is 0 Å². The normalized spacial score (nSPS) is 11.0. The molecule has 2 rings (SSSR count). The van der Waals surface area contributed by atoms with Gasteiger partial charge in [0.05, 0.1) is 23.9 Å². The molecule has 0 amide bonds. The molecule has 0 saturated heterocycles. The summed E-state index contributed by atoms with van der Waals surface area (Å²) in [6, 6.07) is 7.24. The molecule has 0 atom stereocenters. The number of aromatic nitrogens is 1. The summed E-state index contributed by atoms with van der Waals surface area (Å²) < 4.78 is 29.5. The molecule has 2 aromatic rings. The van der Waals surface area contributed by atoms with E-state index in [4.69, 9.17) is 4.74 Å². The number of hydrogen-bond acceptors (Lipinski definition) is 3. The van der Waals surface area contributed by atoms with E-state index in [1.165, 1.54) is 16.4 Å². The molecule has 0 unspecified atom stereocenters. The molecule has 0 aliphatic heterocycles. The molecule has 0 fully saturated rings. The van der Waals surface area contributed by atoms with Crippen molar-refractivity contribution < 1.29 is 13.2 Å². The SMILES string of the molecule is CCOC#Cc1cn(S(C)(=O)=O)c2ccccc12. The third-order valence-electron chi connectivity index (χ3n) is 2.44. The third kappa shape index (κ3) is 2.34. The summed E-state index contributed by atoms with van der Waals surface area (Å²) in [6.07, 6.45) is 5.24. The predicted octanol–water partition coefficient (Wildman–Crippen LogP) is 1.79. The molecule has 1 heterocycles. The van der Waals surface area contributed by atoms with Gasteiger partial charge in [0.25, 0.3) is 0 Å². The highest BCUT2D eigenvalue weighted by Crippen LogP contribution is 2.21. The number of hydrogen-bond donors (Lipinski definition) is 0. The van der Waals surface area contributed by atoms with Gasteiger partial charge in [-0.1, -0.05) is 18.2 Å². The molecule has 0 saturated carbocycles. The van der Waals surface area contributed by atoms with E-state index in [9.17, 15) is 8.42 Å². The summed E-state index contributed by atoms with van der Waals surface area (Å²) in [5, 5.41) is 0.801. The van der Waals surface area contributed by atoms with E-state index in [0.29, 0.717) is 17.7 Å². The zero-order chi connectivity index (χ0) is 13.2.